The Morgan fingerprint density at radius 2 is 2.03 bits per heavy atom. The van der Waals surface area contributed by atoms with Crippen LogP contribution in [0, 0.1) is 6.92 Å². The number of rotatable bonds is 6. The van der Waals surface area contributed by atoms with E-state index in [0.29, 0.717) is 29.0 Å². The van der Waals surface area contributed by atoms with Crippen molar-refractivity contribution in [2.24, 2.45) is 0 Å². The zero-order valence-electron chi connectivity index (χ0n) is 17.6. The molecule has 158 valence electrons. The van der Waals surface area contributed by atoms with Gasteiger partial charge < -0.3 is 14.5 Å². The van der Waals surface area contributed by atoms with Crippen LogP contribution in [0.1, 0.15) is 35.3 Å². The number of nitrogens with one attached hydrogen (secondary N) is 1. The van der Waals surface area contributed by atoms with Gasteiger partial charge in [0.2, 0.25) is 0 Å². The van der Waals surface area contributed by atoms with E-state index in [1.807, 2.05) is 39.0 Å². The van der Waals surface area contributed by atoms with Crippen molar-refractivity contribution in [1.29, 1.82) is 0 Å². The van der Waals surface area contributed by atoms with Gasteiger partial charge in [-0.3, -0.25) is 9.48 Å². The Balaban J connectivity index is 1.56. The summed E-state index contributed by atoms with van der Waals surface area (Å²) in [5.74, 6) is 0.158. The zero-order valence-corrected chi connectivity index (χ0v) is 17.6. The molecule has 0 bridgehead atoms. The van der Waals surface area contributed by atoms with Crippen molar-refractivity contribution in [3.05, 3.63) is 88.0 Å². The topological polar surface area (TPSA) is 86.4 Å². The van der Waals surface area contributed by atoms with Gasteiger partial charge in [-0.15, -0.1) is 0 Å². The molecule has 0 aliphatic carbocycles. The first-order valence-corrected chi connectivity index (χ1v) is 10.0. The fourth-order valence-corrected chi connectivity index (χ4v) is 3.39. The molecule has 0 aliphatic heterocycles. The molecule has 0 radical (unpaired) electrons. The Morgan fingerprint density at radius 1 is 1.19 bits per heavy atom. The van der Waals surface area contributed by atoms with E-state index in [1.165, 1.54) is 11.6 Å². The number of carbonyl (C=O) groups is 1. The summed E-state index contributed by atoms with van der Waals surface area (Å²) in [5, 5.41) is 7.65. The molecule has 0 atom stereocenters. The van der Waals surface area contributed by atoms with E-state index in [0.717, 1.165) is 5.56 Å². The molecule has 7 heteroatoms. The first kappa shape index (κ1) is 20.4. The summed E-state index contributed by atoms with van der Waals surface area (Å²) in [5.41, 5.74) is 2.76. The van der Waals surface area contributed by atoms with E-state index in [1.54, 1.807) is 35.3 Å². The van der Waals surface area contributed by atoms with E-state index < -0.39 is 11.5 Å². The van der Waals surface area contributed by atoms with Crippen molar-refractivity contribution in [2.75, 3.05) is 5.32 Å². The predicted molar refractivity (Wildman–Crippen MR) is 119 cm³/mol. The highest BCUT2D eigenvalue weighted by Crippen LogP contribution is 2.24. The highest BCUT2D eigenvalue weighted by Gasteiger charge is 2.15. The van der Waals surface area contributed by atoms with Gasteiger partial charge in [0, 0.05) is 23.7 Å². The second kappa shape index (κ2) is 8.47. The molecule has 0 aliphatic rings. The molecule has 2 aromatic carbocycles. The number of ether oxygens (including phenoxy) is 1. The number of hydrogen-bond acceptors (Lipinski definition) is 5. The van der Waals surface area contributed by atoms with E-state index in [4.69, 9.17) is 9.15 Å². The average Bonchev–Trinajstić information content (AvgIpc) is 3.13. The molecule has 0 unspecified atom stereocenters. The number of amides is 1. The lowest BCUT2D eigenvalue weighted by Gasteiger charge is -2.11. The number of nitrogens with zero attached hydrogens (tertiary/aromatic N) is 2. The lowest BCUT2D eigenvalue weighted by atomic mass is 10.1. The Hall–Kier alpha value is -3.87. The molecule has 2 heterocycles. The van der Waals surface area contributed by atoms with Crippen LogP contribution in [0.25, 0.3) is 11.0 Å². The fraction of sp³-hybridized carbons (Fsp3) is 0.208. The molecule has 31 heavy (non-hydrogen) atoms. The summed E-state index contributed by atoms with van der Waals surface area (Å²) in [6, 6.07) is 14.4. The van der Waals surface area contributed by atoms with Gasteiger partial charge in [-0.2, -0.15) is 5.10 Å². The molecule has 2 aromatic heterocycles. The van der Waals surface area contributed by atoms with Crippen LogP contribution >= 0.6 is 0 Å². The maximum atomic E-state index is 12.9. The number of anilines is 1. The molecule has 4 rings (SSSR count). The van der Waals surface area contributed by atoms with Crippen molar-refractivity contribution in [2.45, 2.75) is 33.4 Å². The quantitative estimate of drug-likeness (QED) is 0.470. The number of fused-ring (bicyclic) bond motifs is 1. The number of carbonyl (C=O) groups excluding carboxylic acids is 1. The van der Waals surface area contributed by atoms with Crippen molar-refractivity contribution < 1.29 is 13.9 Å². The Morgan fingerprint density at radius 3 is 2.81 bits per heavy atom. The molecule has 4 aromatic rings. The van der Waals surface area contributed by atoms with Gasteiger partial charge in [-0.05, 0) is 38.5 Å². The number of aromatic nitrogens is 2. The summed E-state index contributed by atoms with van der Waals surface area (Å²) in [6.07, 6.45) is 3.31. The number of hydrogen-bond donors (Lipinski definition) is 1. The summed E-state index contributed by atoms with van der Waals surface area (Å²) in [4.78, 5) is 24.9. The lowest BCUT2D eigenvalue weighted by Crippen LogP contribution is -2.15. The average molecular weight is 417 g/mol. The van der Waals surface area contributed by atoms with Crippen LogP contribution in [0.3, 0.4) is 0 Å². The molecule has 0 saturated carbocycles. The van der Waals surface area contributed by atoms with E-state index in [9.17, 15) is 9.59 Å². The SMILES string of the molecule is Cc1cccc(Cn2cc(NC(=O)c3cc(=O)oc4cc(OC(C)C)ccc34)cn2)c1. The molecular weight excluding hydrogens is 394 g/mol. The minimum Gasteiger partial charge on any atom is -0.491 e. The summed E-state index contributed by atoms with van der Waals surface area (Å²) in [7, 11) is 0. The molecule has 7 nitrogen and oxygen atoms in total. The van der Waals surface area contributed by atoms with Crippen molar-refractivity contribution in [1.82, 2.24) is 9.78 Å². The fourth-order valence-electron chi connectivity index (χ4n) is 3.39. The van der Waals surface area contributed by atoms with Crippen LogP contribution < -0.4 is 15.7 Å². The maximum absolute atomic E-state index is 12.9. The van der Waals surface area contributed by atoms with Gasteiger partial charge in [0.1, 0.15) is 11.3 Å². The van der Waals surface area contributed by atoms with Crippen LogP contribution in [0.15, 0.2) is 70.1 Å². The first-order valence-electron chi connectivity index (χ1n) is 10.0. The van der Waals surface area contributed by atoms with Gasteiger partial charge in [0.05, 0.1) is 30.1 Å². The summed E-state index contributed by atoms with van der Waals surface area (Å²) in [6.45, 7) is 6.44. The predicted octanol–water partition coefficient (Wildman–Crippen LogP) is 4.39. The first-order chi connectivity index (χ1) is 14.9. The smallest absolute Gasteiger partial charge is 0.337 e. The minimum absolute atomic E-state index is 0.0213. The number of benzene rings is 2. The highest BCUT2D eigenvalue weighted by molar-refractivity contribution is 6.12. The van der Waals surface area contributed by atoms with Crippen LogP contribution in [0.2, 0.25) is 0 Å². The largest absolute Gasteiger partial charge is 0.491 e. The molecular formula is C24H23N3O4. The van der Waals surface area contributed by atoms with Gasteiger partial charge in [0.15, 0.2) is 0 Å². The minimum atomic E-state index is -0.602. The van der Waals surface area contributed by atoms with Crippen LogP contribution in [-0.2, 0) is 6.54 Å². The molecule has 0 saturated heterocycles. The monoisotopic (exact) mass is 417 g/mol. The zero-order chi connectivity index (χ0) is 22.0. The third kappa shape index (κ3) is 4.83. The van der Waals surface area contributed by atoms with Gasteiger partial charge in [-0.25, -0.2) is 4.79 Å². The highest BCUT2D eigenvalue weighted by atomic mass is 16.5. The van der Waals surface area contributed by atoms with Crippen molar-refractivity contribution >= 4 is 22.6 Å². The summed E-state index contributed by atoms with van der Waals surface area (Å²) >= 11 is 0. The molecule has 0 fully saturated rings. The second-order valence-corrected chi connectivity index (χ2v) is 7.67. The Kier molecular flexibility index (Phi) is 5.58. The standard InChI is InChI=1S/C24H23N3O4/c1-15(2)30-19-7-8-20-21(11-23(28)31-22(20)10-19)24(29)26-18-12-25-27(14-18)13-17-6-4-5-16(3)9-17/h4-12,14-15H,13H2,1-3H3,(H,26,29). The van der Waals surface area contributed by atoms with Crippen LogP contribution in [0.4, 0.5) is 5.69 Å². The van der Waals surface area contributed by atoms with Crippen LogP contribution in [-0.4, -0.2) is 21.8 Å². The van der Waals surface area contributed by atoms with E-state index in [2.05, 4.69) is 16.5 Å². The van der Waals surface area contributed by atoms with E-state index >= 15 is 0 Å². The van der Waals surface area contributed by atoms with Crippen LogP contribution in [0.5, 0.6) is 5.75 Å². The Bertz CT molecular complexity index is 1300. The Labute approximate surface area is 179 Å². The maximum Gasteiger partial charge on any atom is 0.337 e. The van der Waals surface area contributed by atoms with Gasteiger partial charge >= 0.3 is 5.63 Å². The van der Waals surface area contributed by atoms with Gasteiger partial charge in [-0.1, -0.05) is 29.8 Å². The molecule has 0 spiro atoms. The third-order valence-corrected chi connectivity index (χ3v) is 4.65. The normalized spacial score (nSPS) is 11.1. The van der Waals surface area contributed by atoms with E-state index in [-0.39, 0.29) is 11.7 Å². The van der Waals surface area contributed by atoms with Crippen molar-refractivity contribution in [3.63, 3.8) is 0 Å². The lowest BCUT2D eigenvalue weighted by molar-refractivity contribution is 0.102. The molecule has 1 N–H and O–H groups in total. The second-order valence-electron chi connectivity index (χ2n) is 7.67. The van der Waals surface area contributed by atoms with Crippen molar-refractivity contribution in [3.8, 4) is 5.75 Å². The molecule has 1 amide bonds. The van der Waals surface area contributed by atoms with Gasteiger partial charge in [0.25, 0.3) is 5.91 Å². The summed E-state index contributed by atoms with van der Waals surface area (Å²) < 4.78 is 12.7. The third-order valence-electron chi connectivity index (χ3n) is 4.65. The number of aryl methyl sites for hydroxylation is 1.